The number of imidazole rings is 1. The largest absolute Gasteiger partial charge is 0.378 e. The van der Waals surface area contributed by atoms with Crippen molar-refractivity contribution >= 4 is 28.3 Å². The second-order valence-corrected chi connectivity index (χ2v) is 5.34. The number of nitrogens with one attached hydrogen (secondary N) is 1. The van der Waals surface area contributed by atoms with Crippen LogP contribution in [0.4, 0.5) is 5.69 Å². The molecule has 1 aliphatic heterocycles. The molecule has 0 saturated carbocycles. The molecule has 7 heteroatoms. The van der Waals surface area contributed by atoms with E-state index < -0.39 is 0 Å². The number of fused-ring (bicyclic) bond motifs is 1. The topological polar surface area (TPSA) is 59.0 Å². The van der Waals surface area contributed by atoms with E-state index in [0.717, 1.165) is 48.0 Å². The van der Waals surface area contributed by atoms with Crippen LogP contribution in [-0.2, 0) is 4.74 Å². The summed E-state index contributed by atoms with van der Waals surface area (Å²) >= 11 is 6.42. The quantitative estimate of drug-likeness (QED) is 0.789. The summed E-state index contributed by atoms with van der Waals surface area (Å²) in [6.45, 7) is 3.16. The zero-order valence-corrected chi connectivity index (χ0v) is 12.0. The first-order chi connectivity index (χ1) is 10.3. The number of nitrogens with zero attached hydrogens (tertiary/aromatic N) is 4. The van der Waals surface area contributed by atoms with Gasteiger partial charge in [0.25, 0.3) is 0 Å². The van der Waals surface area contributed by atoms with Crippen molar-refractivity contribution in [3.8, 4) is 5.95 Å². The molecule has 0 bridgehead atoms. The third-order valence-electron chi connectivity index (χ3n) is 3.61. The maximum Gasteiger partial charge on any atom is 0.229 e. The molecule has 1 fully saturated rings. The first-order valence-electron chi connectivity index (χ1n) is 6.83. The fourth-order valence-corrected chi connectivity index (χ4v) is 2.84. The van der Waals surface area contributed by atoms with Gasteiger partial charge in [0.1, 0.15) is 0 Å². The molecule has 0 unspecified atom stereocenters. The van der Waals surface area contributed by atoms with E-state index in [-0.39, 0.29) is 0 Å². The summed E-state index contributed by atoms with van der Waals surface area (Å²) in [6, 6.07) is 5.80. The average Bonchev–Trinajstić information content (AvgIpc) is 3.16. The van der Waals surface area contributed by atoms with Gasteiger partial charge >= 0.3 is 0 Å². The highest BCUT2D eigenvalue weighted by Crippen LogP contribution is 2.31. The number of anilines is 1. The van der Waals surface area contributed by atoms with Crippen LogP contribution in [-0.4, -0.2) is 46.1 Å². The van der Waals surface area contributed by atoms with Gasteiger partial charge in [0, 0.05) is 25.5 Å². The Kier molecular flexibility index (Phi) is 3.05. The van der Waals surface area contributed by atoms with E-state index in [9.17, 15) is 0 Å². The number of morpholine rings is 1. The Labute approximate surface area is 126 Å². The summed E-state index contributed by atoms with van der Waals surface area (Å²) in [5.41, 5.74) is 2.79. The van der Waals surface area contributed by atoms with Crippen molar-refractivity contribution in [2.24, 2.45) is 0 Å². The summed E-state index contributed by atoms with van der Waals surface area (Å²) in [5.74, 6) is 0.685. The Morgan fingerprint density at radius 2 is 2.10 bits per heavy atom. The number of aromatic nitrogens is 4. The molecule has 21 heavy (non-hydrogen) atoms. The molecule has 0 aliphatic carbocycles. The van der Waals surface area contributed by atoms with Crippen LogP contribution >= 0.6 is 11.6 Å². The SMILES string of the molecule is Clc1cc2[nH]c(-n3cccn3)nc2cc1N1CCOCC1. The molecule has 3 heterocycles. The van der Waals surface area contributed by atoms with Crippen LogP contribution in [0.1, 0.15) is 0 Å². The van der Waals surface area contributed by atoms with Crippen LogP contribution in [0, 0.1) is 0 Å². The van der Waals surface area contributed by atoms with Gasteiger partial charge in [-0.05, 0) is 18.2 Å². The Balaban J connectivity index is 1.77. The number of benzene rings is 1. The minimum Gasteiger partial charge on any atom is -0.378 e. The fourth-order valence-electron chi connectivity index (χ4n) is 2.56. The van der Waals surface area contributed by atoms with Crippen molar-refractivity contribution < 1.29 is 4.74 Å². The molecule has 1 saturated heterocycles. The molecule has 3 aromatic rings. The van der Waals surface area contributed by atoms with Gasteiger partial charge in [0.05, 0.1) is 35.0 Å². The molecule has 0 radical (unpaired) electrons. The molecular formula is C14H14ClN5O. The van der Waals surface area contributed by atoms with E-state index in [1.54, 1.807) is 10.9 Å². The number of hydrogen-bond acceptors (Lipinski definition) is 4. The van der Waals surface area contributed by atoms with Crippen molar-refractivity contribution in [1.82, 2.24) is 19.7 Å². The molecule has 108 valence electrons. The lowest BCUT2D eigenvalue weighted by Gasteiger charge is -2.29. The minimum absolute atomic E-state index is 0.685. The Morgan fingerprint density at radius 1 is 1.24 bits per heavy atom. The zero-order chi connectivity index (χ0) is 14.2. The van der Waals surface area contributed by atoms with E-state index in [0.29, 0.717) is 5.95 Å². The summed E-state index contributed by atoms with van der Waals surface area (Å²) < 4.78 is 7.08. The third kappa shape index (κ3) is 2.26. The van der Waals surface area contributed by atoms with Gasteiger partial charge in [-0.2, -0.15) is 5.10 Å². The molecule has 1 aromatic carbocycles. The van der Waals surface area contributed by atoms with E-state index >= 15 is 0 Å². The lowest BCUT2D eigenvalue weighted by atomic mass is 10.2. The third-order valence-corrected chi connectivity index (χ3v) is 3.91. The highest BCUT2D eigenvalue weighted by molar-refractivity contribution is 6.34. The van der Waals surface area contributed by atoms with Crippen LogP contribution < -0.4 is 4.90 Å². The van der Waals surface area contributed by atoms with Gasteiger partial charge in [-0.25, -0.2) is 9.67 Å². The van der Waals surface area contributed by atoms with E-state index in [1.165, 1.54) is 0 Å². The number of aromatic amines is 1. The first kappa shape index (κ1) is 12.7. The maximum absolute atomic E-state index is 6.42. The standard InChI is InChI=1S/C14H14ClN5O/c15-10-8-11-12(9-13(10)19-4-6-21-7-5-19)18-14(17-11)20-3-1-2-16-20/h1-3,8-9H,4-7H2,(H,17,18). The van der Waals surface area contributed by atoms with E-state index in [1.807, 2.05) is 24.4 Å². The molecule has 0 atom stereocenters. The van der Waals surface area contributed by atoms with Gasteiger partial charge in [0.2, 0.25) is 5.95 Å². The minimum atomic E-state index is 0.685. The van der Waals surface area contributed by atoms with Gasteiger partial charge in [-0.3, -0.25) is 0 Å². The molecule has 6 nitrogen and oxygen atoms in total. The summed E-state index contributed by atoms with van der Waals surface area (Å²) in [5, 5.41) is 4.90. The zero-order valence-electron chi connectivity index (χ0n) is 11.3. The number of H-pyrrole nitrogens is 1. The van der Waals surface area contributed by atoms with Gasteiger partial charge in [-0.15, -0.1) is 0 Å². The fraction of sp³-hybridized carbons (Fsp3) is 0.286. The van der Waals surface area contributed by atoms with Crippen molar-refractivity contribution in [3.05, 3.63) is 35.6 Å². The summed E-state index contributed by atoms with van der Waals surface area (Å²) in [6.07, 6.45) is 3.57. The maximum atomic E-state index is 6.42. The number of halogens is 1. The Bertz CT molecular complexity index is 761. The van der Waals surface area contributed by atoms with E-state index in [4.69, 9.17) is 16.3 Å². The van der Waals surface area contributed by atoms with Gasteiger partial charge < -0.3 is 14.6 Å². The van der Waals surface area contributed by atoms with Crippen molar-refractivity contribution in [3.63, 3.8) is 0 Å². The average molecular weight is 304 g/mol. The summed E-state index contributed by atoms with van der Waals surface area (Å²) in [7, 11) is 0. The normalized spacial score (nSPS) is 15.8. The lowest BCUT2D eigenvalue weighted by Crippen LogP contribution is -2.36. The number of ether oxygens (including phenoxy) is 1. The lowest BCUT2D eigenvalue weighted by molar-refractivity contribution is 0.122. The second-order valence-electron chi connectivity index (χ2n) is 4.93. The molecule has 0 spiro atoms. The van der Waals surface area contributed by atoms with Crippen molar-refractivity contribution in [2.75, 3.05) is 31.2 Å². The number of rotatable bonds is 2. The smallest absolute Gasteiger partial charge is 0.229 e. The second kappa shape index (κ2) is 5.05. The first-order valence-corrected chi connectivity index (χ1v) is 7.21. The van der Waals surface area contributed by atoms with Crippen LogP contribution in [0.2, 0.25) is 5.02 Å². The van der Waals surface area contributed by atoms with Gasteiger partial charge in [-0.1, -0.05) is 11.6 Å². The molecule has 1 aliphatic rings. The predicted octanol–water partition coefficient (Wildman–Crippen LogP) is 2.24. The molecule has 0 amide bonds. The van der Waals surface area contributed by atoms with Crippen molar-refractivity contribution in [2.45, 2.75) is 0 Å². The predicted molar refractivity (Wildman–Crippen MR) is 81.3 cm³/mol. The van der Waals surface area contributed by atoms with Crippen molar-refractivity contribution in [1.29, 1.82) is 0 Å². The van der Waals surface area contributed by atoms with Crippen LogP contribution in [0.25, 0.3) is 17.0 Å². The van der Waals surface area contributed by atoms with Crippen LogP contribution in [0.15, 0.2) is 30.6 Å². The van der Waals surface area contributed by atoms with E-state index in [2.05, 4.69) is 20.0 Å². The highest BCUT2D eigenvalue weighted by Gasteiger charge is 2.16. The molecular weight excluding hydrogens is 290 g/mol. The van der Waals surface area contributed by atoms with Crippen LogP contribution in [0.5, 0.6) is 0 Å². The van der Waals surface area contributed by atoms with Gasteiger partial charge in [0.15, 0.2) is 0 Å². The molecule has 4 rings (SSSR count). The molecule has 2 aromatic heterocycles. The summed E-state index contributed by atoms with van der Waals surface area (Å²) in [4.78, 5) is 10.0. The molecule has 1 N–H and O–H groups in total. The highest BCUT2D eigenvalue weighted by atomic mass is 35.5. The monoisotopic (exact) mass is 303 g/mol. The number of hydrogen-bond donors (Lipinski definition) is 1. The Hall–Kier alpha value is -2.05. The Morgan fingerprint density at radius 3 is 2.86 bits per heavy atom. The van der Waals surface area contributed by atoms with Crippen LogP contribution in [0.3, 0.4) is 0 Å².